The normalized spacial score (nSPS) is 11.0. The summed E-state index contributed by atoms with van der Waals surface area (Å²) in [4.78, 5) is 47.1. The Morgan fingerprint density at radius 1 is 1.19 bits per heavy atom. The number of anilines is 1. The number of benzene rings is 1. The van der Waals surface area contributed by atoms with Crippen LogP contribution in [0.5, 0.6) is 0 Å². The Balaban J connectivity index is 1.78. The number of nitrogens with zero attached hydrogens (tertiary/aromatic N) is 4. The summed E-state index contributed by atoms with van der Waals surface area (Å²) in [6, 6.07) is 7.68. The van der Waals surface area contributed by atoms with Crippen molar-refractivity contribution in [1.82, 2.24) is 14.5 Å². The number of hydrogen-bond donors (Lipinski definition) is 1. The number of carbonyl (C=O) groups is 1. The molecule has 0 aliphatic heterocycles. The van der Waals surface area contributed by atoms with E-state index in [1.807, 2.05) is 13.8 Å². The lowest BCUT2D eigenvalue weighted by molar-refractivity contribution is -0.384. The first-order chi connectivity index (χ1) is 15.3. The molecule has 1 aromatic carbocycles. The van der Waals surface area contributed by atoms with Crippen LogP contribution in [0.1, 0.15) is 16.0 Å². The van der Waals surface area contributed by atoms with E-state index in [4.69, 9.17) is 0 Å². The van der Waals surface area contributed by atoms with Crippen molar-refractivity contribution in [3.63, 3.8) is 0 Å². The molecule has 1 amide bonds. The molecule has 0 bridgehead atoms. The lowest BCUT2D eigenvalue weighted by Crippen LogP contribution is -2.30. The van der Waals surface area contributed by atoms with Crippen molar-refractivity contribution < 1.29 is 9.72 Å². The van der Waals surface area contributed by atoms with E-state index >= 15 is 0 Å². The summed E-state index contributed by atoms with van der Waals surface area (Å²) < 4.78 is 1.33. The van der Waals surface area contributed by atoms with Gasteiger partial charge in [-0.3, -0.25) is 29.3 Å². The molecule has 1 N–H and O–H groups in total. The molecule has 162 valence electrons. The Kier molecular flexibility index (Phi) is 5.54. The first-order valence-electron chi connectivity index (χ1n) is 9.72. The highest BCUT2D eigenvalue weighted by Crippen LogP contribution is 2.28. The Labute approximate surface area is 186 Å². The number of fused-ring (bicyclic) bond motifs is 1. The van der Waals surface area contributed by atoms with Crippen LogP contribution in [0.25, 0.3) is 21.6 Å². The van der Waals surface area contributed by atoms with Crippen LogP contribution < -0.4 is 10.9 Å². The molecule has 0 fully saturated rings. The van der Waals surface area contributed by atoms with Crippen LogP contribution in [0.3, 0.4) is 0 Å². The van der Waals surface area contributed by atoms with Gasteiger partial charge >= 0.3 is 0 Å². The zero-order chi connectivity index (χ0) is 23.0. The molecule has 0 saturated carbocycles. The van der Waals surface area contributed by atoms with Gasteiger partial charge in [0.25, 0.3) is 11.2 Å². The highest BCUT2D eigenvalue weighted by Gasteiger charge is 2.20. The molecular weight excluding hydrogens is 430 g/mol. The van der Waals surface area contributed by atoms with Crippen LogP contribution >= 0.6 is 11.3 Å². The number of non-ortho nitro benzene ring substituents is 1. The van der Waals surface area contributed by atoms with Gasteiger partial charge in [-0.15, -0.1) is 11.3 Å². The number of nitro benzene ring substituents is 1. The predicted octanol–water partition coefficient (Wildman–Crippen LogP) is 3.99. The van der Waals surface area contributed by atoms with Gasteiger partial charge < -0.3 is 5.32 Å². The number of nitro groups is 1. The molecule has 0 atom stereocenters. The van der Waals surface area contributed by atoms with Crippen LogP contribution in [0.15, 0.2) is 47.5 Å². The van der Waals surface area contributed by atoms with Crippen LogP contribution in [-0.2, 0) is 11.3 Å². The summed E-state index contributed by atoms with van der Waals surface area (Å²) in [7, 11) is 0. The minimum Gasteiger partial charge on any atom is -0.324 e. The highest BCUT2D eigenvalue weighted by atomic mass is 32.1. The summed E-state index contributed by atoms with van der Waals surface area (Å²) in [5.41, 5.74) is 2.04. The van der Waals surface area contributed by atoms with Crippen LogP contribution in [0, 0.1) is 30.9 Å². The van der Waals surface area contributed by atoms with Gasteiger partial charge in [-0.1, -0.05) is 6.07 Å². The molecule has 0 unspecified atom stereocenters. The molecular formula is C22H19N5O4S. The minimum atomic E-state index is -0.527. The van der Waals surface area contributed by atoms with E-state index in [1.54, 1.807) is 37.5 Å². The Morgan fingerprint density at radius 3 is 2.59 bits per heavy atom. The predicted molar refractivity (Wildman–Crippen MR) is 123 cm³/mol. The number of carbonyl (C=O) groups excluding carboxylic acids is 1. The molecule has 3 aromatic heterocycles. The summed E-state index contributed by atoms with van der Waals surface area (Å²) >= 11 is 1.43. The van der Waals surface area contributed by atoms with Crippen LogP contribution in [0.2, 0.25) is 0 Å². The molecule has 4 rings (SSSR count). The van der Waals surface area contributed by atoms with Gasteiger partial charge in [0.05, 0.1) is 16.0 Å². The van der Waals surface area contributed by atoms with Crippen LogP contribution in [-0.4, -0.2) is 25.4 Å². The summed E-state index contributed by atoms with van der Waals surface area (Å²) in [5.74, 6) is -0.131. The molecule has 0 saturated heterocycles. The standard InChI is InChI=1S/C22H19N5O4S/c1-12-4-5-16(27(30)31)10-17(12)24-18(28)11-26-20(15-6-8-23-9-7-15)25-21-19(22(26)29)13(2)14(3)32-21/h4-10H,11H2,1-3H3,(H,24,28). The molecule has 0 aliphatic rings. The lowest BCUT2D eigenvalue weighted by Gasteiger charge is -2.14. The SMILES string of the molecule is Cc1ccc([N+](=O)[O-])cc1NC(=O)Cn1c(-c2ccncc2)nc2sc(C)c(C)c2c1=O. The molecule has 3 heterocycles. The van der Waals surface area contributed by atoms with E-state index in [0.717, 1.165) is 10.4 Å². The molecule has 4 aromatic rings. The summed E-state index contributed by atoms with van der Waals surface area (Å²) in [6.07, 6.45) is 3.18. The Bertz CT molecular complexity index is 1430. The first-order valence-corrected chi connectivity index (χ1v) is 10.5. The maximum atomic E-state index is 13.4. The van der Waals surface area contributed by atoms with Gasteiger partial charge in [-0.2, -0.15) is 0 Å². The first kappa shape index (κ1) is 21.3. The lowest BCUT2D eigenvalue weighted by atomic mass is 10.1. The van der Waals surface area contributed by atoms with E-state index in [0.29, 0.717) is 32.9 Å². The fourth-order valence-corrected chi connectivity index (χ4v) is 4.41. The average molecular weight is 449 g/mol. The van der Waals surface area contributed by atoms with Crippen molar-refractivity contribution in [3.8, 4) is 11.4 Å². The van der Waals surface area contributed by atoms with Crippen molar-refractivity contribution in [1.29, 1.82) is 0 Å². The van der Waals surface area contributed by atoms with Crippen molar-refractivity contribution in [3.05, 3.63) is 79.2 Å². The zero-order valence-electron chi connectivity index (χ0n) is 17.6. The average Bonchev–Trinajstić information content (AvgIpc) is 3.05. The largest absolute Gasteiger partial charge is 0.324 e. The van der Waals surface area contributed by atoms with E-state index in [-0.39, 0.29) is 17.8 Å². The number of amides is 1. The van der Waals surface area contributed by atoms with E-state index in [1.165, 1.54) is 28.0 Å². The second-order valence-electron chi connectivity index (χ2n) is 7.33. The van der Waals surface area contributed by atoms with Gasteiger partial charge in [-0.25, -0.2) is 4.98 Å². The van der Waals surface area contributed by atoms with E-state index < -0.39 is 10.8 Å². The molecule has 32 heavy (non-hydrogen) atoms. The number of thiophene rings is 1. The third-order valence-electron chi connectivity index (χ3n) is 5.24. The summed E-state index contributed by atoms with van der Waals surface area (Å²) in [6.45, 7) is 5.23. The van der Waals surface area contributed by atoms with Crippen LogP contribution in [0.4, 0.5) is 11.4 Å². The monoisotopic (exact) mass is 449 g/mol. The quantitative estimate of drug-likeness (QED) is 0.363. The second-order valence-corrected chi connectivity index (χ2v) is 8.53. The van der Waals surface area contributed by atoms with E-state index in [9.17, 15) is 19.7 Å². The number of hydrogen-bond acceptors (Lipinski definition) is 7. The van der Waals surface area contributed by atoms with E-state index in [2.05, 4.69) is 15.3 Å². The molecule has 0 radical (unpaired) electrons. The zero-order valence-corrected chi connectivity index (χ0v) is 18.4. The maximum absolute atomic E-state index is 13.4. The molecule has 10 heteroatoms. The molecule has 0 spiro atoms. The smallest absolute Gasteiger partial charge is 0.271 e. The van der Waals surface area contributed by atoms with Gasteiger partial charge in [0.2, 0.25) is 5.91 Å². The topological polar surface area (TPSA) is 120 Å². The minimum absolute atomic E-state index is 0.131. The third kappa shape index (κ3) is 3.87. The van der Waals surface area contributed by atoms with Crippen molar-refractivity contribution in [2.24, 2.45) is 0 Å². The number of nitrogens with one attached hydrogen (secondary N) is 1. The maximum Gasteiger partial charge on any atom is 0.271 e. The van der Waals surface area contributed by atoms with Crippen molar-refractivity contribution in [2.45, 2.75) is 27.3 Å². The fourth-order valence-electron chi connectivity index (χ4n) is 3.39. The number of rotatable bonds is 5. The third-order valence-corrected chi connectivity index (χ3v) is 6.34. The van der Waals surface area contributed by atoms with Gasteiger partial charge in [0.1, 0.15) is 17.2 Å². The summed E-state index contributed by atoms with van der Waals surface area (Å²) in [5, 5.41) is 14.3. The number of pyridine rings is 1. The molecule has 0 aliphatic carbocycles. The van der Waals surface area contributed by atoms with Gasteiger partial charge in [0, 0.05) is 35.0 Å². The number of aryl methyl sites for hydroxylation is 3. The number of aromatic nitrogens is 3. The second kappa shape index (κ2) is 8.31. The Hall–Kier alpha value is -3.92. The van der Waals surface area contributed by atoms with Crippen molar-refractivity contribution in [2.75, 3.05) is 5.32 Å². The van der Waals surface area contributed by atoms with Crippen molar-refractivity contribution >= 4 is 38.8 Å². The van der Waals surface area contributed by atoms with Gasteiger partial charge in [0.15, 0.2) is 0 Å². The highest BCUT2D eigenvalue weighted by molar-refractivity contribution is 7.18. The Morgan fingerprint density at radius 2 is 1.91 bits per heavy atom. The fraction of sp³-hybridized carbons (Fsp3) is 0.182. The van der Waals surface area contributed by atoms with Gasteiger partial charge in [-0.05, 0) is 44.0 Å². The molecule has 9 nitrogen and oxygen atoms in total.